The number of carbonyl (C=O) groups is 1. The van der Waals surface area contributed by atoms with Gasteiger partial charge >= 0.3 is 0 Å². The number of sulfonamides is 1. The van der Waals surface area contributed by atoms with Crippen molar-refractivity contribution < 1.29 is 13.2 Å². The number of Topliss-reactive ketones (excluding diaryl/α,β-unsaturated/α-hetero) is 1. The largest absolute Gasteiger partial charge is 0.294 e. The minimum Gasteiger partial charge on any atom is -0.294 e. The minimum atomic E-state index is -3.55. The van der Waals surface area contributed by atoms with E-state index in [9.17, 15) is 13.2 Å². The summed E-state index contributed by atoms with van der Waals surface area (Å²) < 4.78 is 27.3. The molecule has 4 nitrogen and oxygen atoms in total. The van der Waals surface area contributed by atoms with Gasteiger partial charge in [0.25, 0.3) is 0 Å². The van der Waals surface area contributed by atoms with Crippen LogP contribution >= 0.6 is 0 Å². The molecule has 1 saturated carbocycles. The molecule has 5 heteroatoms. The van der Waals surface area contributed by atoms with Gasteiger partial charge < -0.3 is 0 Å². The van der Waals surface area contributed by atoms with Gasteiger partial charge in [0.2, 0.25) is 10.0 Å². The van der Waals surface area contributed by atoms with Gasteiger partial charge in [-0.1, -0.05) is 42.0 Å². The molecule has 2 aromatic rings. The lowest BCUT2D eigenvalue weighted by Crippen LogP contribution is -2.26. The molecule has 24 heavy (non-hydrogen) atoms. The number of rotatable bonds is 7. The summed E-state index contributed by atoms with van der Waals surface area (Å²) in [6.07, 6.45) is 2.53. The van der Waals surface area contributed by atoms with E-state index in [1.807, 2.05) is 31.2 Å². The molecule has 1 fully saturated rings. The van der Waals surface area contributed by atoms with Crippen LogP contribution in [0, 0.1) is 12.8 Å². The van der Waals surface area contributed by atoms with Crippen LogP contribution in [-0.4, -0.2) is 20.7 Å². The van der Waals surface area contributed by atoms with Crippen molar-refractivity contribution in [2.75, 3.05) is 6.54 Å². The van der Waals surface area contributed by atoms with E-state index in [4.69, 9.17) is 0 Å². The van der Waals surface area contributed by atoms with Crippen molar-refractivity contribution in [2.24, 2.45) is 5.92 Å². The fraction of sp³-hybridized carbons (Fsp3) is 0.316. The molecule has 1 N–H and O–H groups in total. The van der Waals surface area contributed by atoms with Gasteiger partial charge in [-0.3, -0.25) is 4.79 Å². The topological polar surface area (TPSA) is 63.2 Å². The number of nitrogens with one attached hydrogen (secondary N) is 1. The summed E-state index contributed by atoms with van der Waals surface area (Å²) in [6.45, 7) is 2.35. The second-order valence-corrected chi connectivity index (χ2v) is 8.07. The van der Waals surface area contributed by atoms with Gasteiger partial charge in [0, 0.05) is 18.0 Å². The number of benzene rings is 2. The lowest BCUT2D eigenvalue weighted by molar-refractivity contribution is 0.0967. The Morgan fingerprint density at radius 1 is 1.12 bits per heavy atom. The maximum atomic E-state index is 12.3. The van der Waals surface area contributed by atoms with Gasteiger partial charge in [0.15, 0.2) is 5.78 Å². The molecule has 0 bridgehead atoms. The number of hydrogen-bond donors (Lipinski definition) is 1. The first kappa shape index (κ1) is 16.9. The molecule has 3 rings (SSSR count). The number of aryl methyl sites for hydroxylation is 1. The van der Waals surface area contributed by atoms with Crippen LogP contribution in [0.15, 0.2) is 53.4 Å². The Kier molecular flexibility index (Phi) is 4.83. The highest BCUT2D eigenvalue weighted by Crippen LogP contribution is 2.32. The van der Waals surface area contributed by atoms with Crippen LogP contribution in [0.5, 0.6) is 0 Å². The van der Waals surface area contributed by atoms with Crippen LogP contribution in [0.25, 0.3) is 0 Å². The Hall–Kier alpha value is -1.98. The van der Waals surface area contributed by atoms with E-state index < -0.39 is 10.0 Å². The average molecular weight is 343 g/mol. The zero-order valence-corrected chi connectivity index (χ0v) is 14.5. The standard InChI is InChI=1S/C19H21NO3S/c1-14-3-2-4-15(13-14)11-12-20-24(22,23)18-9-7-17(8-10-18)19(21)16-5-6-16/h2-4,7-10,13,16,20H,5-6,11-12H2,1H3. The molecule has 1 aliphatic carbocycles. The van der Waals surface area contributed by atoms with Crippen LogP contribution < -0.4 is 4.72 Å². The van der Waals surface area contributed by atoms with Gasteiger partial charge in [-0.25, -0.2) is 13.1 Å². The molecule has 0 radical (unpaired) electrons. The van der Waals surface area contributed by atoms with Crippen molar-refractivity contribution in [1.82, 2.24) is 4.72 Å². The summed E-state index contributed by atoms with van der Waals surface area (Å²) in [4.78, 5) is 12.2. The van der Waals surface area contributed by atoms with Gasteiger partial charge in [0.1, 0.15) is 0 Å². The zero-order valence-electron chi connectivity index (χ0n) is 13.7. The maximum absolute atomic E-state index is 12.3. The molecule has 0 aliphatic heterocycles. The predicted octanol–water partition coefficient (Wildman–Crippen LogP) is 3.11. The Labute approximate surface area is 143 Å². The first-order chi connectivity index (χ1) is 11.5. The maximum Gasteiger partial charge on any atom is 0.240 e. The third kappa shape index (κ3) is 4.10. The average Bonchev–Trinajstić information content (AvgIpc) is 3.39. The van der Waals surface area contributed by atoms with E-state index in [2.05, 4.69) is 4.72 Å². The number of carbonyl (C=O) groups excluding carboxylic acids is 1. The van der Waals surface area contributed by atoms with Gasteiger partial charge in [-0.05, 0) is 43.9 Å². The second kappa shape index (κ2) is 6.87. The van der Waals surface area contributed by atoms with Crippen molar-refractivity contribution in [2.45, 2.75) is 31.1 Å². The van der Waals surface area contributed by atoms with Gasteiger partial charge in [0.05, 0.1) is 4.90 Å². The van der Waals surface area contributed by atoms with E-state index >= 15 is 0 Å². The molecule has 0 spiro atoms. The SMILES string of the molecule is Cc1cccc(CCNS(=O)(=O)c2ccc(C(=O)C3CC3)cc2)c1. The van der Waals surface area contributed by atoms with Crippen molar-refractivity contribution in [3.8, 4) is 0 Å². The van der Waals surface area contributed by atoms with Crippen molar-refractivity contribution >= 4 is 15.8 Å². The summed E-state index contributed by atoms with van der Waals surface area (Å²) in [5, 5.41) is 0. The number of hydrogen-bond acceptors (Lipinski definition) is 3. The summed E-state index contributed by atoms with van der Waals surface area (Å²) in [5.74, 6) is 0.256. The lowest BCUT2D eigenvalue weighted by atomic mass is 10.1. The molecule has 126 valence electrons. The minimum absolute atomic E-state index is 0.117. The fourth-order valence-electron chi connectivity index (χ4n) is 2.66. The first-order valence-corrected chi connectivity index (χ1v) is 9.63. The summed E-state index contributed by atoms with van der Waals surface area (Å²) >= 11 is 0. The molecule has 2 aromatic carbocycles. The Bertz CT molecular complexity index is 837. The molecule has 0 amide bonds. The summed E-state index contributed by atoms with van der Waals surface area (Å²) in [7, 11) is -3.55. The van der Waals surface area contributed by atoms with E-state index in [1.165, 1.54) is 12.1 Å². The number of ketones is 1. The summed E-state index contributed by atoms with van der Waals surface area (Å²) in [5.41, 5.74) is 2.85. The monoisotopic (exact) mass is 343 g/mol. The van der Waals surface area contributed by atoms with E-state index in [-0.39, 0.29) is 16.6 Å². The Morgan fingerprint density at radius 3 is 2.46 bits per heavy atom. The molecule has 0 aromatic heterocycles. The van der Waals surface area contributed by atoms with Crippen LogP contribution in [0.3, 0.4) is 0 Å². The fourth-order valence-corrected chi connectivity index (χ4v) is 3.69. The van der Waals surface area contributed by atoms with Crippen LogP contribution in [-0.2, 0) is 16.4 Å². The molecule has 0 saturated heterocycles. The smallest absolute Gasteiger partial charge is 0.240 e. The molecular formula is C19H21NO3S. The van der Waals surface area contributed by atoms with Crippen LogP contribution in [0.1, 0.15) is 34.3 Å². The van der Waals surface area contributed by atoms with Gasteiger partial charge in [-0.15, -0.1) is 0 Å². The normalized spacial score (nSPS) is 14.5. The molecule has 0 unspecified atom stereocenters. The Balaban J connectivity index is 1.61. The van der Waals surface area contributed by atoms with Crippen molar-refractivity contribution in [3.05, 3.63) is 65.2 Å². The third-order valence-corrected chi connectivity index (χ3v) is 5.66. The quantitative estimate of drug-likeness (QED) is 0.786. The zero-order chi connectivity index (χ0) is 17.2. The van der Waals surface area contributed by atoms with E-state index in [0.29, 0.717) is 18.5 Å². The predicted molar refractivity (Wildman–Crippen MR) is 93.6 cm³/mol. The highest BCUT2D eigenvalue weighted by atomic mass is 32.2. The van der Waals surface area contributed by atoms with E-state index in [1.54, 1.807) is 12.1 Å². The highest BCUT2D eigenvalue weighted by Gasteiger charge is 2.30. The van der Waals surface area contributed by atoms with Crippen molar-refractivity contribution in [1.29, 1.82) is 0 Å². The van der Waals surface area contributed by atoms with Crippen LogP contribution in [0.4, 0.5) is 0 Å². The molecular weight excluding hydrogens is 322 g/mol. The van der Waals surface area contributed by atoms with Crippen LogP contribution in [0.2, 0.25) is 0 Å². The van der Waals surface area contributed by atoms with E-state index in [0.717, 1.165) is 24.0 Å². The lowest BCUT2D eigenvalue weighted by Gasteiger charge is -2.08. The highest BCUT2D eigenvalue weighted by molar-refractivity contribution is 7.89. The second-order valence-electron chi connectivity index (χ2n) is 6.30. The Morgan fingerprint density at radius 2 is 1.83 bits per heavy atom. The van der Waals surface area contributed by atoms with Crippen molar-refractivity contribution in [3.63, 3.8) is 0 Å². The first-order valence-electron chi connectivity index (χ1n) is 8.15. The molecule has 0 atom stereocenters. The summed E-state index contributed by atoms with van der Waals surface area (Å²) in [6, 6.07) is 14.2. The van der Waals surface area contributed by atoms with Gasteiger partial charge in [-0.2, -0.15) is 0 Å². The third-order valence-electron chi connectivity index (χ3n) is 4.19. The molecule has 0 heterocycles. The molecule has 1 aliphatic rings.